The van der Waals surface area contributed by atoms with Crippen LogP contribution in [0.25, 0.3) is 0 Å². The summed E-state index contributed by atoms with van der Waals surface area (Å²) in [5.74, 6) is -0.711. The van der Waals surface area contributed by atoms with Gasteiger partial charge in [0.05, 0.1) is 15.1 Å². The van der Waals surface area contributed by atoms with Gasteiger partial charge in [-0.2, -0.15) is 0 Å². The Kier molecular flexibility index (Phi) is 25.6. The van der Waals surface area contributed by atoms with E-state index >= 15 is 0 Å². The molecule has 474 valence electrons. The van der Waals surface area contributed by atoms with Crippen molar-refractivity contribution in [3.05, 3.63) is 276 Å². The number of rotatable bonds is 18. The third-order valence-corrected chi connectivity index (χ3v) is 15.7. The van der Waals surface area contributed by atoms with Gasteiger partial charge >= 0.3 is 0 Å². The Labute approximate surface area is 578 Å². The van der Waals surface area contributed by atoms with E-state index in [0.29, 0.717) is 88.4 Å². The van der Waals surface area contributed by atoms with Crippen molar-refractivity contribution in [3.8, 4) is 0 Å². The first-order valence-electron chi connectivity index (χ1n) is 27.1. The fourth-order valence-corrected chi connectivity index (χ4v) is 10.5. The predicted molar refractivity (Wildman–Crippen MR) is 373 cm³/mol. The number of halogens is 9. The third-order valence-electron chi connectivity index (χ3n) is 13.3. The topological polar surface area (TPSA) is 293 Å². The molecule has 0 saturated heterocycles. The number of amides is 3. The minimum absolute atomic E-state index is 0.0930. The van der Waals surface area contributed by atoms with Gasteiger partial charge in [-0.15, -0.1) is 0 Å². The monoisotopic (exact) mass is 1420 g/mol. The molecule has 0 aliphatic carbocycles. The lowest BCUT2D eigenvalue weighted by Crippen LogP contribution is -2.21. The standard InChI is InChI=1S/C23H19Cl3N4O2.C22H17Cl3N4O2.C21H15Cl3N4O2/c1-30(2)22(27)14-5-3-13(4-6-14)20(31)11-17-18(9-16(25)10-19(17)26)23(32)29-21-8-7-15(24)12-28-21;1-27-21(26)13-4-2-12(3-5-13)19(30)10-16-17(8-15(24)9-18(16)25)22(31)29-20-7-6-14(23)11-28-20;22-13-5-6-19(27-10-13)28-21(30)16-7-14(23)8-17(24)15(16)9-18(29)11-1-3-12(4-2-11)20(25)26/h3-10,12,27H,11H2,1-2H3,(H,28,29,32);2-9,11H,10H2,1H3,(H2,26,27)(H,28,29,31);1-8,10H,9H2,(H3,25,26)(H,27,28,30). The van der Waals surface area contributed by atoms with Gasteiger partial charge in [0.2, 0.25) is 0 Å². The summed E-state index contributed by atoms with van der Waals surface area (Å²) in [5, 5.41) is 26.1. The number of aromatic nitrogens is 3. The Morgan fingerprint density at radius 1 is 0.409 bits per heavy atom. The van der Waals surface area contributed by atoms with Crippen LogP contribution in [0.1, 0.15) is 95.5 Å². The number of hydrogen-bond donors (Lipinski definition) is 7. The molecule has 9 aromatic rings. The number of hydrogen-bond acceptors (Lipinski definition) is 12. The molecule has 3 amide bonds. The Bertz CT molecular complexity index is 4350. The predicted octanol–water partition coefficient (Wildman–Crippen LogP) is 15.7. The van der Waals surface area contributed by atoms with Gasteiger partial charge in [0.1, 0.15) is 35.0 Å². The minimum atomic E-state index is -0.510. The van der Waals surface area contributed by atoms with Crippen molar-refractivity contribution in [1.29, 1.82) is 10.8 Å². The second-order valence-corrected chi connectivity index (χ2v) is 23.8. The molecule has 3 aromatic heterocycles. The summed E-state index contributed by atoms with van der Waals surface area (Å²) in [6.45, 7) is 0. The molecule has 0 atom stereocenters. The van der Waals surface area contributed by atoms with Crippen molar-refractivity contribution in [1.82, 2.24) is 19.9 Å². The molecule has 0 aliphatic rings. The number of amidine groups is 3. The first-order chi connectivity index (χ1) is 44.2. The maximum absolute atomic E-state index is 12.9. The molecule has 0 unspecified atom stereocenters. The van der Waals surface area contributed by atoms with E-state index in [0.717, 1.165) is 0 Å². The van der Waals surface area contributed by atoms with Crippen molar-refractivity contribution >= 4 is 174 Å². The van der Waals surface area contributed by atoms with Crippen molar-refractivity contribution in [2.24, 2.45) is 16.5 Å². The maximum Gasteiger partial charge on any atom is 0.257 e. The summed E-state index contributed by atoms with van der Waals surface area (Å²) < 4.78 is 0. The summed E-state index contributed by atoms with van der Waals surface area (Å²) in [4.78, 5) is 94.8. The number of Topliss-reactive ketones (excluding diaryl/α,β-unsaturated/α-hetero) is 3. The molecule has 27 heteroatoms. The van der Waals surface area contributed by atoms with Gasteiger partial charge in [0.15, 0.2) is 17.3 Å². The van der Waals surface area contributed by atoms with Crippen LogP contribution in [0.4, 0.5) is 17.5 Å². The van der Waals surface area contributed by atoms with Crippen molar-refractivity contribution in [2.75, 3.05) is 37.1 Å². The zero-order valence-corrected chi connectivity index (χ0v) is 55.8. The SMILES string of the molecule is CN(C)C(=N)c1ccc(C(=O)Cc2c(Cl)cc(Cl)cc2C(=O)Nc2ccc(Cl)cn2)cc1.CN=C(N)c1ccc(C(=O)Cc2c(Cl)cc(Cl)cc2C(=O)Nc2ccc(Cl)cn2)cc1.N=C(N)c1ccc(C(=O)Cc2c(Cl)cc(Cl)cc2C(=O)Nc2ccc(Cl)cn2)cc1. The lowest BCUT2D eigenvalue weighted by molar-refractivity contribution is 0.0980. The van der Waals surface area contributed by atoms with Gasteiger partial charge in [-0.05, 0) is 89.5 Å². The second kappa shape index (κ2) is 33.2. The summed E-state index contributed by atoms with van der Waals surface area (Å²) in [7, 11) is 5.13. The highest BCUT2D eigenvalue weighted by atomic mass is 35.5. The van der Waals surface area contributed by atoms with Crippen molar-refractivity contribution in [3.63, 3.8) is 0 Å². The molecule has 18 nitrogen and oxygen atoms in total. The lowest BCUT2D eigenvalue weighted by atomic mass is 9.97. The number of benzene rings is 6. The smallest absolute Gasteiger partial charge is 0.257 e. The van der Waals surface area contributed by atoms with Crippen LogP contribution in [0.2, 0.25) is 45.2 Å². The molecule has 0 aliphatic heterocycles. The van der Waals surface area contributed by atoms with Crippen LogP contribution < -0.4 is 27.4 Å². The number of nitrogens with two attached hydrogens (primary N) is 2. The average Bonchev–Trinajstić information content (AvgIpc) is 0.852. The van der Waals surface area contributed by atoms with Crippen LogP contribution in [0.5, 0.6) is 0 Å². The van der Waals surface area contributed by atoms with Gasteiger partial charge in [-0.3, -0.25) is 44.6 Å². The van der Waals surface area contributed by atoms with E-state index < -0.39 is 17.7 Å². The fourth-order valence-electron chi connectivity index (χ4n) is 8.51. The number of carbonyl (C=O) groups excluding carboxylic acids is 6. The van der Waals surface area contributed by atoms with Crippen molar-refractivity contribution < 1.29 is 28.8 Å². The molecule has 6 aromatic carbocycles. The number of aliphatic imine (C=N–C) groups is 1. The highest BCUT2D eigenvalue weighted by Crippen LogP contribution is 2.32. The van der Waals surface area contributed by atoms with Gasteiger partial charge in [0.25, 0.3) is 17.7 Å². The third kappa shape index (κ3) is 20.1. The van der Waals surface area contributed by atoms with Crippen LogP contribution in [-0.2, 0) is 19.3 Å². The second-order valence-electron chi connectivity index (χ2n) is 20.0. The van der Waals surface area contributed by atoms with Gasteiger partial charge in [0, 0.05) is 139 Å². The van der Waals surface area contributed by atoms with Gasteiger partial charge < -0.3 is 32.3 Å². The number of anilines is 3. The Morgan fingerprint density at radius 3 is 0.946 bits per heavy atom. The van der Waals surface area contributed by atoms with Crippen LogP contribution in [0.3, 0.4) is 0 Å². The summed E-state index contributed by atoms with van der Waals surface area (Å²) in [5.41, 5.74) is 16.0. The first-order valence-corrected chi connectivity index (χ1v) is 30.5. The van der Waals surface area contributed by atoms with E-state index in [9.17, 15) is 28.8 Å². The van der Waals surface area contributed by atoms with Crippen LogP contribution >= 0.6 is 104 Å². The Morgan fingerprint density at radius 2 is 0.688 bits per heavy atom. The Hall–Kier alpha value is -8.79. The fraction of sp³-hybridized carbons (Fsp3) is 0.0909. The Balaban J connectivity index is 0.000000198. The van der Waals surface area contributed by atoms with E-state index in [2.05, 4.69) is 35.9 Å². The zero-order chi connectivity index (χ0) is 67.8. The molecule has 9 N–H and O–H groups in total. The molecule has 0 radical (unpaired) electrons. The molecule has 0 saturated carbocycles. The highest BCUT2D eigenvalue weighted by molar-refractivity contribution is 6.38. The molecule has 0 spiro atoms. The lowest BCUT2D eigenvalue weighted by Gasteiger charge is -2.14. The molecule has 9 rings (SSSR count). The van der Waals surface area contributed by atoms with Gasteiger partial charge in [-0.1, -0.05) is 177 Å². The quantitative estimate of drug-likeness (QED) is 0.0240. The number of nitrogens with one attached hydrogen (secondary N) is 5. The largest absolute Gasteiger partial charge is 0.384 e. The van der Waals surface area contributed by atoms with E-state index in [1.165, 1.54) is 55.0 Å². The normalized spacial score (nSPS) is 10.8. The maximum atomic E-state index is 12.9. The van der Waals surface area contributed by atoms with Gasteiger partial charge in [-0.25, -0.2) is 15.0 Å². The average molecular weight is 1430 g/mol. The highest BCUT2D eigenvalue weighted by Gasteiger charge is 2.24. The van der Waals surface area contributed by atoms with Crippen LogP contribution in [0.15, 0.2) is 169 Å². The summed E-state index contributed by atoms with van der Waals surface area (Å²) in [6, 6.07) is 38.0. The first kappa shape index (κ1) is 71.6. The number of carbonyl (C=O) groups is 6. The molecule has 93 heavy (non-hydrogen) atoms. The van der Waals surface area contributed by atoms with Crippen molar-refractivity contribution in [2.45, 2.75) is 19.3 Å². The van der Waals surface area contributed by atoms with E-state index in [1.54, 1.807) is 135 Å². The number of ketones is 3. The van der Waals surface area contributed by atoms with E-state index in [1.807, 2.05) is 0 Å². The van der Waals surface area contributed by atoms with Crippen LogP contribution in [0, 0.1) is 10.8 Å². The van der Waals surface area contributed by atoms with E-state index in [-0.39, 0.29) is 95.1 Å². The number of nitrogens with zero attached hydrogens (tertiary/aromatic N) is 5. The number of pyridine rings is 3. The molecular formula is C66H51Cl9N12O6. The summed E-state index contributed by atoms with van der Waals surface area (Å²) >= 11 is 54.7. The number of nitrogen functional groups attached to an aromatic ring is 1. The molecule has 0 fully saturated rings. The molecular weight excluding hydrogens is 1380 g/mol. The van der Waals surface area contributed by atoms with E-state index in [4.69, 9.17) is 127 Å². The molecule has 0 bridgehead atoms. The zero-order valence-electron chi connectivity index (χ0n) is 49.0. The molecule has 3 heterocycles. The van der Waals surface area contributed by atoms with Crippen LogP contribution in [-0.4, -0.2) is 93.6 Å². The minimum Gasteiger partial charge on any atom is -0.384 e. The summed E-state index contributed by atoms with van der Waals surface area (Å²) in [6.07, 6.45) is 3.91.